The summed E-state index contributed by atoms with van der Waals surface area (Å²) in [5, 5.41) is 10.5. The third kappa shape index (κ3) is 4.84. The molecule has 0 amide bonds. The maximum atomic E-state index is 6.25. The van der Waals surface area contributed by atoms with Crippen molar-refractivity contribution < 1.29 is 9.57 Å². The lowest BCUT2D eigenvalue weighted by Gasteiger charge is -2.08. The van der Waals surface area contributed by atoms with Gasteiger partial charge in [-0.3, -0.25) is 0 Å². The first-order valence-electron chi connectivity index (χ1n) is 9.14. The molecule has 0 spiro atoms. The van der Waals surface area contributed by atoms with E-state index in [9.17, 15) is 0 Å². The molecule has 0 fully saturated rings. The molecule has 0 atom stereocenters. The van der Waals surface area contributed by atoms with Gasteiger partial charge < -0.3 is 14.9 Å². The van der Waals surface area contributed by atoms with Crippen molar-refractivity contribution in [2.75, 3.05) is 19.0 Å². The van der Waals surface area contributed by atoms with Crippen LogP contribution in [-0.4, -0.2) is 34.8 Å². The summed E-state index contributed by atoms with van der Waals surface area (Å²) < 4.78 is 5.79. The normalized spacial score (nSPS) is 11.1. The van der Waals surface area contributed by atoms with Gasteiger partial charge >= 0.3 is 0 Å². The van der Waals surface area contributed by atoms with Crippen LogP contribution in [0.5, 0.6) is 11.6 Å². The van der Waals surface area contributed by atoms with Gasteiger partial charge in [-0.15, -0.1) is 11.3 Å². The smallest absolute Gasteiger partial charge is 0.219 e. The van der Waals surface area contributed by atoms with E-state index in [-0.39, 0.29) is 0 Å². The summed E-state index contributed by atoms with van der Waals surface area (Å²) in [6, 6.07) is 11.6. The van der Waals surface area contributed by atoms with E-state index in [4.69, 9.17) is 16.3 Å². The Morgan fingerprint density at radius 1 is 1.13 bits per heavy atom. The molecule has 4 rings (SSSR count). The molecule has 3 aromatic heterocycles. The van der Waals surface area contributed by atoms with Crippen molar-refractivity contribution >= 4 is 45.2 Å². The van der Waals surface area contributed by atoms with Crippen LogP contribution in [0.1, 0.15) is 11.1 Å². The largest absolute Gasteiger partial charge is 0.439 e. The number of fused-ring (bicyclic) bond motifs is 1. The molecule has 30 heavy (non-hydrogen) atoms. The van der Waals surface area contributed by atoms with Crippen LogP contribution in [0.3, 0.4) is 0 Å². The van der Waals surface area contributed by atoms with Crippen LogP contribution in [0.15, 0.2) is 59.5 Å². The number of hydrogen-bond acceptors (Lipinski definition) is 8. The molecule has 0 aliphatic heterocycles. The van der Waals surface area contributed by atoms with Crippen LogP contribution in [0.4, 0.5) is 5.82 Å². The number of benzene rings is 1. The van der Waals surface area contributed by atoms with Crippen LogP contribution < -0.4 is 10.1 Å². The highest BCUT2D eigenvalue weighted by molar-refractivity contribution is 7.17. The SMILES string of the molecule is CON=Cc1ccc(Oc2ccc(CCNc3ncnc4scc(Cl)c34)cc2)nc1. The maximum absolute atomic E-state index is 6.25. The molecule has 0 saturated heterocycles. The van der Waals surface area contributed by atoms with E-state index in [1.807, 2.05) is 35.7 Å². The highest BCUT2D eigenvalue weighted by Gasteiger charge is 2.09. The van der Waals surface area contributed by atoms with Crippen LogP contribution in [0.25, 0.3) is 10.2 Å². The van der Waals surface area contributed by atoms with Gasteiger partial charge in [0.15, 0.2) is 0 Å². The molecule has 0 saturated carbocycles. The van der Waals surface area contributed by atoms with E-state index in [1.54, 1.807) is 24.8 Å². The third-order valence-electron chi connectivity index (χ3n) is 4.24. The minimum Gasteiger partial charge on any atom is -0.439 e. The number of hydrogen-bond donors (Lipinski definition) is 1. The molecule has 3 heterocycles. The summed E-state index contributed by atoms with van der Waals surface area (Å²) in [5.74, 6) is 2.00. The fourth-order valence-corrected chi connectivity index (χ4v) is 3.92. The molecule has 0 bridgehead atoms. The Hall–Kier alpha value is -3.23. The first-order chi connectivity index (χ1) is 14.7. The van der Waals surface area contributed by atoms with E-state index in [2.05, 4.69) is 30.3 Å². The van der Waals surface area contributed by atoms with Gasteiger partial charge in [-0.1, -0.05) is 28.9 Å². The van der Waals surface area contributed by atoms with Gasteiger partial charge in [-0.2, -0.15) is 0 Å². The Labute approximate surface area is 182 Å². The number of rotatable bonds is 8. The molecule has 0 radical (unpaired) electrons. The maximum Gasteiger partial charge on any atom is 0.219 e. The number of pyridine rings is 1. The summed E-state index contributed by atoms with van der Waals surface area (Å²) in [6.45, 7) is 0.727. The highest BCUT2D eigenvalue weighted by Crippen LogP contribution is 2.32. The van der Waals surface area contributed by atoms with E-state index in [0.29, 0.717) is 10.9 Å². The Kier molecular flexibility index (Phi) is 6.36. The lowest BCUT2D eigenvalue weighted by Crippen LogP contribution is -2.06. The van der Waals surface area contributed by atoms with Crippen molar-refractivity contribution in [3.63, 3.8) is 0 Å². The predicted octanol–water partition coefficient (Wildman–Crippen LogP) is 5.17. The quantitative estimate of drug-likeness (QED) is 0.301. The molecule has 0 aliphatic carbocycles. The summed E-state index contributed by atoms with van der Waals surface area (Å²) in [6.07, 6.45) is 5.63. The van der Waals surface area contributed by atoms with Gasteiger partial charge in [0, 0.05) is 29.8 Å². The first kappa shape index (κ1) is 20.1. The number of aromatic nitrogens is 3. The van der Waals surface area contributed by atoms with E-state index in [0.717, 1.165) is 40.3 Å². The molecule has 7 nitrogen and oxygen atoms in total. The number of nitrogens with one attached hydrogen (secondary N) is 1. The molecule has 152 valence electrons. The Balaban J connectivity index is 1.32. The second-order valence-electron chi connectivity index (χ2n) is 6.26. The summed E-state index contributed by atoms with van der Waals surface area (Å²) in [5.41, 5.74) is 2.01. The van der Waals surface area contributed by atoms with Gasteiger partial charge in [-0.05, 0) is 30.2 Å². The summed E-state index contributed by atoms with van der Waals surface area (Å²) in [7, 11) is 1.50. The Morgan fingerprint density at radius 3 is 2.77 bits per heavy atom. The van der Waals surface area contributed by atoms with Crippen molar-refractivity contribution in [2.45, 2.75) is 6.42 Å². The average molecular weight is 440 g/mol. The van der Waals surface area contributed by atoms with Gasteiger partial charge in [0.1, 0.15) is 29.8 Å². The van der Waals surface area contributed by atoms with E-state index >= 15 is 0 Å². The number of anilines is 1. The molecular weight excluding hydrogens is 422 g/mol. The standard InChI is InChI=1S/C21H18ClN5O2S/c1-28-27-11-15-4-7-18(24-10-15)29-16-5-2-14(3-6-16)8-9-23-20-19-17(22)12-30-21(19)26-13-25-20/h2-7,10-13H,8-9H2,1H3,(H,23,25,26). The van der Waals surface area contributed by atoms with Gasteiger partial charge in [0.25, 0.3) is 0 Å². The molecule has 0 aliphatic rings. The third-order valence-corrected chi connectivity index (χ3v) is 5.56. The van der Waals surface area contributed by atoms with Crippen LogP contribution >= 0.6 is 22.9 Å². The number of nitrogens with zero attached hydrogens (tertiary/aromatic N) is 4. The fourth-order valence-electron chi connectivity index (χ4n) is 2.79. The van der Waals surface area contributed by atoms with Crippen LogP contribution in [0.2, 0.25) is 5.02 Å². The van der Waals surface area contributed by atoms with E-state index < -0.39 is 0 Å². The predicted molar refractivity (Wildman–Crippen MR) is 120 cm³/mol. The lowest BCUT2D eigenvalue weighted by molar-refractivity contribution is 0.215. The van der Waals surface area contributed by atoms with E-state index in [1.165, 1.54) is 24.0 Å². The van der Waals surface area contributed by atoms with Crippen LogP contribution in [0, 0.1) is 0 Å². The van der Waals surface area contributed by atoms with Crippen molar-refractivity contribution in [3.8, 4) is 11.6 Å². The van der Waals surface area contributed by atoms with Gasteiger partial charge in [0.2, 0.25) is 5.88 Å². The number of thiophene rings is 1. The zero-order valence-corrected chi connectivity index (χ0v) is 17.7. The van der Waals surface area contributed by atoms with Crippen molar-refractivity contribution in [3.05, 3.63) is 70.5 Å². The molecule has 0 unspecified atom stereocenters. The number of ether oxygens (including phenoxy) is 1. The number of oxime groups is 1. The molecule has 4 aromatic rings. The Bertz CT molecular complexity index is 1150. The van der Waals surface area contributed by atoms with Gasteiger partial charge in [-0.25, -0.2) is 15.0 Å². The lowest BCUT2D eigenvalue weighted by atomic mass is 10.1. The van der Waals surface area contributed by atoms with Crippen LogP contribution in [-0.2, 0) is 11.3 Å². The average Bonchev–Trinajstić information content (AvgIpc) is 3.16. The zero-order valence-electron chi connectivity index (χ0n) is 16.1. The van der Waals surface area contributed by atoms with Crippen molar-refractivity contribution in [1.29, 1.82) is 0 Å². The second-order valence-corrected chi connectivity index (χ2v) is 7.52. The highest BCUT2D eigenvalue weighted by atomic mass is 35.5. The second kappa shape index (κ2) is 9.51. The summed E-state index contributed by atoms with van der Waals surface area (Å²) >= 11 is 7.76. The summed E-state index contributed by atoms with van der Waals surface area (Å²) in [4.78, 5) is 18.3. The van der Waals surface area contributed by atoms with Gasteiger partial charge in [0.05, 0.1) is 16.6 Å². The molecular formula is C21H18ClN5O2S. The minimum atomic E-state index is 0.513. The monoisotopic (exact) mass is 439 g/mol. The zero-order chi connectivity index (χ0) is 20.8. The minimum absolute atomic E-state index is 0.513. The Morgan fingerprint density at radius 2 is 2.00 bits per heavy atom. The topological polar surface area (TPSA) is 81.5 Å². The molecule has 1 N–H and O–H groups in total. The van der Waals surface area contributed by atoms with Crippen molar-refractivity contribution in [2.24, 2.45) is 5.16 Å². The van der Waals surface area contributed by atoms with Crippen molar-refractivity contribution in [1.82, 2.24) is 15.0 Å². The first-order valence-corrected chi connectivity index (χ1v) is 10.4. The number of halogens is 1. The molecule has 9 heteroatoms. The molecule has 1 aromatic carbocycles. The fraction of sp³-hybridized carbons (Fsp3) is 0.143.